The lowest BCUT2D eigenvalue weighted by Crippen LogP contribution is -2.31. The predicted molar refractivity (Wildman–Crippen MR) is 101 cm³/mol. The number of nitrogens with zero attached hydrogens (tertiary/aromatic N) is 1. The molecule has 0 saturated carbocycles. The fourth-order valence-corrected chi connectivity index (χ4v) is 5.53. The largest absolute Gasteiger partial charge is 0.493 e. The van der Waals surface area contributed by atoms with Gasteiger partial charge in [0.25, 0.3) is 0 Å². The van der Waals surface area contributed by atoms with E-state index in [1.54, 1.807) is 24.6 Å². The first-order valence-corrected chi connectivity index (χ1v) is 10.1. The maximum Gasteiger partial charge on any atom is 0.243 e. The van der Waals surface area contributed by atoms with Gasteiger partial charge in [0.05, 0.1) is 25.2 Å². The van der Waals surface area contributed by atoms with Crippen molar-refractivity contribution in [2.24, 2.45) is 0 Å². The Kier molecular flexibility index (Phi) is 5.25. The Morgan fingerprint density at radius 3 is 2.38 bits per heavy atom. The van der Waals surface area contributed by atoms with Crippen LogP contribution in [0.2, 0.25) is 0 Å². The average Bonchev–Trinajstić information content (AvgIpc) is 3.11. The van der Waals surface area contributed by atoms with Crippen LogP contribution < -0.4 is 9.47 Å². The Bertz CT molecular complexity index is 908. The number of hydrogen-bond acceptors (Lipinski definition) is 4. The molecule has 1 unspecified atom stereocenters. The molecular weight excluding hydrogens is 350 g/mol. The van der Waals surface area contributed by atoms with Gasteiger partial charge in [-0.3, -0.25) is 0 Å². The number of hydrogen-bond donors (Lipinski definition) is 0. The van der Waals surface area contributed by atoms with Gasteiger partial charge >= 0.3 is 0 Å². The van der Waals surface area contributed by atoms with E-state index >= 15 is 0 Å². The molecule has 140 valence electrons. The Labute approximate surface area is 155 Å². The summed E-state index contributed by atoms with van der Waals surface area (Å²) < 4.78 is 38.9. The molecule has 0 spiro atoms. The van der Waals surface area contributed by atoms with Gasteiger partial charge in [-0.25, -0.2) is 8.42 Å². The minimum atomic E-state index is -3.56. The van der Waals surface area contributed by atoms with Crippen LogP contribution in [0.4, 0.5) is 0 Å². The predicted octanol–water partition coefficient (Wildman–Crippen LogP) is 3.85. The smallest absolute Gasteiger partial charge is 0.243 e. The lowest BCUT2D eigenvalue weighted by atomic mass is 10.0. The van der Waals surface area contributed by atoms with Crippen molar-refractivity contribution in [2.45, 2.75) is 37.6 Å². The van der Waals surface area contributed by atoms with Crippen molar-refractivity contribution in [1.29, 1.82) is 0 Å². The highest BCUT2D eigenvalue weighted by Gasteiger charge is 2.37. The van der Waals surface area contributed by atoms with Crippen LogP contribution in [0.3, 0.4) is 0 Å². The second-order valence-corrected chi connectivity index (χ2v) is 8.52. The lowest BCUT2D eigenvalue weighted by Gasteiger charge is -2.26. The zero-order valence-corrected chi connectivity index (χ0v) is 16.5. The summed E-state index contributed by atoms with van der Waals surface area (Å²) in [5.74, 6) is 1.25. The van der Waals surface area contributed by atoms with Crippen molar-refractivity contribution >= 4 is 10.0 Å². The molecule has 0 amide bonds. The molecule has 0 aromatic heterocycles. The van der Waals surface area contributed by atoms with Crippen molar-refractivity contribution in [2.75, 3.05) is 20.8 Å². The molecule has 6 heteroatoms. The van der Waals surface area contributed by atoms with Crippen molar-refractivity contribution in [3.8, 4) is 11.5 Å². The van der Waals surface area contributed by atoms with Gasteiger partial charge in [0, 0.05) is 6.54 Å². The van der Waals surface area contributed by atoms with Gasteiger partial charge in [-0.2, -0.15) is 4.31 Å². The second kappa shape index (κ2) is 7.29. The van der Waals surface area contributed by atoms with Crippen molar-refractivity contribution < 1.29 is 17.9 Å². The normalized spacial score (nSPS) is 18.1. The summed E-state index contributed by atoms with van der Waals surface area (Å²) in [6.45, 7) is 4.34. The average molecular weight is 375 g/mol. The third-order valence-electron chi connectivity index (χ3n) is 4.91. The molecule has 0 radical (unpaired) electrons. The molecule has 2 aromatic carbocycles. The Hall–Kier alpha value is -2.05. The number of aryl methyl sites for hydroxylation is 2. The maximum absolute atomic E-state index is 13.3. The van der Waals surface area contributed by atoms with E-state index in [9.17, 15) is 8.42 Å². The van der Waals surface area contributed by atoms with E-state index < -0.39 is 10.0 Å². The summed E-state index contributed by atoms with van der Waals surface area (Å²) in [6, 6.07) is 10.9. The van der Waals surface area contributed by atoms with E-state index in [1.165, 1.54) is 0 Å². The third kappa shape index (κ3) is 3.31. The number of benzene rings is 2. The van der Waals surface area contributed by atoms with Crippen molar-refractivity contribution in [1.82, 2.24) is 4.31 Å². The zero-order valence-electron chi connectivity index (χ0n) is 15.7. The maximum atomic E-state index is 13.3. The number of ether oxygens (including phenoxy) is 2. The SMILES string of the molecule is COc1ccc(C2CCCN2S(=O)(=O)c2ccc(C)cc2C)cc1OC. The topological polar surface area (TPSA) is 55.8 Å². The fraction of sp³-hybridized carbons (Fsp3) is 0.400. The van der Waals surface area contributed by atoms with E-state index in [0.29, 0.717) is 22.9 Å². The van der Waals surface area contributed by atoms with Crippen LogP contribution in [-0.2, 0) is 10.0 Å². The number of sulfonamides is 1. The first-order valence-electron chi connectivity index (χ1n) is 8.69. The summed E-state index contributed by atoms with van der Waals surface area (Å²) in [4.78, 5) is 0.385. The monoisotopic (exact) mass is 375 g/mol. The lowest BCUT2D eigenvalue weighted by molar-refractivity contribution is 0.351. The molecule has 26 heavy (non-hydrogen) atoms. The first kappa shape index (κ1) is 18.7. The molecule has 1 aliphatic heterocycles. The van der Waals surface area contributed by atoms with Gasteiger partial charge < -0.3 is 9.47 Å². The molecule has 1 atom stereocenters. The molecular formula is C20H25NO4S. The summed E-state index contributed by atoms with van der Waals surface area (Å²) in [5.41, 5.74) is 2.76. The van der Waals surface area contributed by atoms with Gasteiger partial charge in [0.1, 0.15) is 0 Å². The van der Waals surface area contributed by atoms with E-state index in [0.717, 1.165) is 29.5 Å². The van der Waals surface area contributed by atoms with E-state index in [2.05, 4.69) is 0 Å². The fourth-order valence-electron chi connectivity index (χ4n) is 3.64. The second-order valence-electron chi connectivity index (χ2n) is 6.66. The van der Waals surface area contributed by atoms with Gasteiger partial charge in [-0.15, -0.1) is 0 Å². The van der Waals surface area contributed by atoms with Gasteiger partial charge in [-0.1, -0.05) is 23.8 Å². The molecule has 1 heterocycles. The minimum Gasteiger partial charge on any atom is -0.493 e. The van der Waals surface area contributed by atoms with Crippen LogP contribution in [0.1, 0.15) is 35.6 Å². The summed E-state index contributed by atoms with van der Waals surface area (Å²) in [7, 11) is -0.386. The standard InChI is InChI=1S/C20H25NO4S/c1-14-7-10-20(15(2)12-14)26(22,23)21-11-5-6-17(21)16-8-9-18(24-3)19(13-16)25-4/h7-10,12-13,17H,5-6,11H2,1-4H3. The third-order valence-corrected chi connectivity index (χ3v) is 6.98. The van der Waals surface area contributed by atoms with Crippen molar-refractivity contribution in [3.63, 3.8) is 0 Å². The van der Waals surface area contributed by atoms with Crippen molar-refractivity contribution in [3.05, 3.63) is 53.1 Å². The summed E-state index contributed by atoms with van der Waals surface area (Å²) in [5, 5.41) is 0. The molecule has 0 N–H and O–H groups in total. The highest BCUT2D eigenvalue weighted by molar-refractivity contribution is 7.89. The Morgan fingerprint density at radius 1 is 1.00 bits per heavy atom. The highest BCUT2D eigenvalue weighted by atomic mass is 32.2. The molecule has 3 rings (SSSR count). The van der Waals surface area contributed by atoms with Gasteiger partial charge in [0.15, 0.2) is 11.5 Å². The van der Waals surface area contributed by atoms with Gasteiger partial charge in [0.2, 0.25) is 10.0 Å². The molecule has 2 aromatic rings. The van der Waals surface area contributed by atoms with Crippen LogP contribution >= 0.6 is 0 Å². The molecule has 5 nitrogen and oxygen atoms in total. The molecule has 0 aliphatic carbocycles. The van der Waals surface area contributed by atoms with Crippen LogP contribution in [0.15, 0.2) is 41.3 Å². The quantitative estimate of drug-likeness (QED) is 0.797. The zero-order chi connectivity index (χ0) is 18.9. The summed E-state index contributed by atoms with van der Waals surface area (Å²) in [6.07, 6.45) is 1.63. The van der Waals surface area contributed by atoms with E-state index in [4.69, 9.17) is 9.47 Å². The number of methoxy groups -OCH3 is 2. The van der Waals surface area contributed by atoms with E-state index in [-0.39, 0.29) is 6.04 Å². The van der Waals surface area contributed by atoms with Crippen LogP contribution in [0.25, 0.3) is 0 Å². The van der Waals surface area contributed by atoms with Crippen LogP contribution in [0, 0.1) is 13.8 Å². The highest BCUT2D eigenvalue weighted by Crippen LogP contribution is 2.40. The molecule has 1 saturated heterocycles. The van der Waals surface area contributed by atoms with Crippen LogP contribution in [0.5, 0.6) is 11.5 Å². The Balaban J connectivity index is 2.00. The Morgan fingerprint density at radius 2 is 1.73 bits per heavy atom. The minimum absolute atomic E-state index is 0.194. The first-order chi connectivity index (χ1) is 12.4. The number of rotatable bonds is 5. The molecule has 1 aliphatic rings. The van der Waals surface area contributed by atoms with Crippen LogP contribution in [-0.4, -0.2) is 33.5 Å². The van der Waals surface area contributed by atoms with Gasteiger partial charge in [-0.05, 0) is 56.0 Å². The summed E-state index contributed by atoms with van der Waals surface area (Å²) >= 11 is 0. The molecule has 1 fully saturated rings. The van der Waals surface area contributed by atoms with E-state index in [1.807, 2.05) is 44.2 Å². The molecule has 0 bridgehead atoms.